The quantitative estimate of drug-likeness (QED) is 0.728. The van der Waals surface area contributed by atoms with Crippen LogP contribution in [0.3, 0.4) is 0 Å². The number of benzene rings is 1. The first-order valence-corrected chi connectivity index (χ1v) is 10.6. The summed E-state index contributed by atoms with van der Waals surface area (Å²) < 4.78 is 22.5. The number of carbonyl (C=O) groups is 2. The highest BCUT2D eigenvalue weighted by molar-refractivity contribution is 6.11. The Bertz CT molecular complexity index is 1040. The van der Waals surface area contributed by atoms with Crippen LogP contribution in [0.1, 0.15) is 43.0 Å². The van der Waals surface area contributed by atoms with Crippen molar-refractivity contribution in [2.24, 2.45) is 5.92 Å². The summed E-state index contributed by atoms with van der Waals surface area (Å²) in [7, 11) is 3.14. The molecule has 1 amide bonds. The van der Waals surface area contributed by atoms with Gasteiger partial charge in [-0.25, -0.2) is 0 Å². The summed E-state index contributed by atoms with van der Waals surface area (Å²) in [4.78, 5) is 28.7. The van der Waals surface area contributed by atoms with Gasteiger partial charge in [-0.2, -0.15) is 0 Å². The number of Topliss-reactive ketones (excluding diaryl/α,β-unsaturated/α-hetero) is 1. The van der Waals surface area contributed by atoms with Gasteiger partial charge in [-0.3, -0.25) is 9.59 Å². The summed E-state index contributed by atoms with van der Waals surface area (Å²) >= 11 is 0. The van der Waals surface area contributed by atoms with E-state index in [-0.39, 0.29) is 36.0 Å². The van der Waals surface area contributed by atoms with E-state index in [1.54, 1.807) is 37.5 Å². The Hall–Kier alpha value is -3.22. The topological polar surface area (TPSA) is 78.2 Å². The van der Waals surface area contributed by atoms with Gasteiger partial charge in [0.05, 0.1) is 44.6 Å². The number of methoxy groups -OCH3 is 2. The zero-order valence-corrected chi connectivity index (χ0v) is 17.6. The molecule has 162 valence electrons. The van der Waals surface area contributed by atoms with Crippen LogP contribution in [-0.2, 0) is 20.9 Å². The molecule has 0 spiro atoms. The molecular formula is C24H25NO6. The second-order valence-corrected chi connectivity index (χ2v) is 8.18. The van der Waals surface area contributed by atoms with Crippen LogP contribution in [-0.4, -0.2) is 36.9 Å². The van der Waals surface area contributed by atoms with Gasteiger partial charge >= 0.3 is 0 Å². The molecule has 0 saturated heterocycles. The van der Waals surface area contributed by atoms with E-state index in [1.807, 2.05) is 18.2 Å². The Morgan fingerprint density at radius 3 is 2.61 bits per heavy atom. The average molecular weight is 423 g/mol. The van der Waals surface area contributed by atoms with E-state index in [0.29, 0.717) is 22.8 Å². The molecule has 3 unspecified atom stereocenters. The van der Waals surface area contributed by atoms with Gasteiger partial charge in [-0.15, -0.1) is 0 Å². The molecule has 2 aliphatic heterocycles. The van der Waals surface area contributed by atoms with E-state index in [0.717, 1.165) is 31.2 Å². The SMILES string of the molecule is COc1ccc(C2C3=C(OC4CCCCC4C3=O)C(=O)N2Cc2ccco2)cc1OC. The molecule has 3 atom stereocenters. The normalized spacial score (nSPS) is 25.2. The lowest BCUT2D eigenvalue weighted by molar-refractivity contribution is -0.135. The molecule has 0 bridgehead atoms. The van der Waals surface area contributed by atoms with Crippen molar-refractivity contribution < 1.29 is 28.2 Å². The molecule has 0 N–H and O–H groups in total. The molecular weight excluding hydrogens is 398 g/mol. The molecule has 31 heavy (non-hydrogen) atoms. The van der Waals surface area contributed by atoms with Crippen molar-refractivity contribution in [2.75, 3.05) is 14.2 Å². The molecule has 1 fully saturated rings. The minimum atomic E-state index is -0.567. The smallest absolute Gasteiger partial charge is 0.290 e. The second-order valence-electron chi connectivity index (χ2n) is 8.18. The Morgan fingerprint density at radius 2 is 1.87 bits per heavy atom. The van der Waals surface area contributed by atoms with Crippen LogP contribution in [0.25, 0.3) is 0 Å². The maximum atomic E-state index is 13.6. The number of ether oxygens (including phenoxy) is 3. The van der Waals surface area contributed by atoms with Crippen molar-refractivity contribution >= 4 is 11.7 Å². The summed E-state index contributed by atoms with van der Waals surface area (Å²) in [5.74, 6) is 1.53. The third-order valence-electron chi connectivity index (χ3n) is 6.49. The first-order valence-electron chi connectivity index (χ1n) is 10.6. The maximum absolute atomic E-state index is 13.6. The van der Waals surface area contributed by atoms with Gasteiger partial charge in [0.2, 0.25) is 0 Å². The molecule has 3 heterocycles. The number of ketones is 1. The van der Waals surface area contributed by atoms with E-state index in [1.165, 1.54) is 0 Å². The predicted octanol–water partition coefficient (Wildman–Crippen LogP) is 3.79. The van der Waals surface area contributed by atoms with Crippen LogP contribution in [0, 0.1) is 5.92 Å². The molecule has 5 rings (SSSR count). The van der Waals surface area contributed by atoms with Crippen LogP contribution in [0.5, 0.6) is 11.5 Å². The number of furan rings is 1. The standard InChI is InChI=1S/C24H25NO6/c1-28-18-10-9-14(12-19(18)29-2)21-20-22(26)16-7-3-4-8-17(16)31-23(20)24(27)25(21)13-15-6-5-11-30-15/h5-6,9-12,16-17,21H,3-4,7-8,13H2,1-2H3. The predicted molar refractivity (Wildman–Crippen MR) is 110 cm³/mol. The molecule has 1 aliphatic carbocycles. The highest BCUT2D eigenvalue weighted by Crippen LogP contribution is 2.48. The van der Waals surface area contributed by atoms with Crippen LogP contribution in [0.15, 0.2) is 52.3 Å². The minimum Gasteiger partial charge on any atom is -0.493 e. The van der Waals surface area contributed by atoms with Crippen LogP contribution < -0.4 is 9.47 Å². The van der Waals surface area contributed by atoms with Gasteiger partial charge in [-0.05, 0) is 49.1 Å². The Morgan fingerprint density at radius 1 is 1.06 bits per heavy atom. The fraction of sp³-hybridized carbons (Fsp3) is 0.417. The van der Waals surface area contributed by atoms with Crippen LogP contribution >= 0.6 is 0 Å². The monoisotopic (exact) mass is 423 g/mol. The lowest BCUT2D eigenvalue weighted by atomic mass is 9.77. The number of carbonyl (C=O) groups excluding carboxylic acids is 2. The average Bonchev–Trinajstić information content (AvgIpc) is 3.41. The van der Waals surface area contributed by atoms with E-state index in [9.17, 15) is 9.59 Å². The van der Waals surface area contributed by atoms with E-state index in [2.05, 4.69) is 0 Å². The summed E-state index contributed by atoms with van der Waals surface area (Å²) in [5, 5.41) is 0. The summed E-state index contributed by atoms with van der Waals surface area (Å²) in [5.41, 5.74) is 1.22. The Labute approximate surface area is 180 Å². The van der Waals surface area contributed by atoms with Crippen molar-refractivity contribution in [3.05, 3.63) is 59.3 Å². The highest BCUT2D eigenvalue weighted by Gasteiger charge is 2.52. The van der Waals surface area contributed by atoms with Crippen molar-refractivity contribution in [3.8, 4) is 11.5 Å². The summed E-state index contributed by atoms with van der Waals surface area (Å²) in [6, 6.07) is 8.51. The molecule has 1 aromatic heterocycles. The number of rotatable bonds is 5. The van der Waals surface area contributed by atoms with Gasteiger partial charge in [0.15, 0.2) is 23.0 Å². The largest absolute Gasteiger partial charge is 0.493 e. The number of nitrogens with zero attached hydrogens (tertiary/aromatic N) is 1. The van der Waals surface area contributed by atoms with Crippen molar-refractivity contribution in [1.29, 1.82) is 0 Å². The Kier molecular flexibility index (Phi) is 4.96. The van der Waals surface area contributed by atoms with E-state index < -0.39 is 6.04 Å². The lowest BCUT2D eigenvalue weighted by Crippen LogP contribution is -2.39. The van der Waals surface area contributed by atoms with Crippen molar-refractivity contribution in [3.63, 3.8) is 0 Å². The number of hydrogen-bond donors (Lipinski definition) is 0. The van der Waals surface area contributed by atoms with Gasteiger partial charge in [0.1, 0.15) is 11.9 Å². The molecule has 2 aromatic rings. The number of hydrogen-bond acceptors (Lipinski definition) is 6. The zero-order valence-electron chi connectivity index (χ0n) is 17.6. The molecule has 0 radical (unpaired) electrons. The van der Waals surface area contributed by atoms with Crippen LogP contribution in [0.2, 0.25) is 0 Å². The third-order valence-corrected chi connectivity index (χ3v) is 6.49. The molecule has 3 aliphatic rings. The van der Waals surface area contributed by atoms with Gasteiger partial charge in [-0.1, -0.05) is 12.5 Å². The van der Waals surface area contributed by atoms with E-state index >= 15 is 0 Å². The molecule has 1 saturated carbocycles. The first kappa shape index (κ1) is 19.7. The van der Waals surface area contributed by atoms with Gasteiger partial charge in [0.25, 0.3) is 5.91 Å². The Balaban J connectivity index is 1.61. The second kappa shape index (κ2) is 7.80. The fourth-order valence-corrected chi connectivity index (χ4v) is 5.00. The molecule has 1 aromatic carbocycles. The number of fused-ring (bicyclic) bond motifs is 1. The minimum absolute atomic E-state index is 0.0287. The summed E-state index contributed by atoms with van der Waals surface area (Å²) in [6.07, 6.45) is 4.99. The summed E-state index contributed by atoms with van der Waals surface area (Å²) in [6.45, 7) is 0.240. The van der Waals surface area contributed by atoms with Crippen molar-refractivity contribution in [2.45, 2.75) is 44.4 Å². The highest BCUT2D eigenvalue weighted by atomic mass is 16.5. The van der Waals surface area contributed by atoms with Crippen LogP contribution in [0.4, 0.5) is 0 Å². The zero-order chi connectivity index (χ0) is 21.5. The van der Waals surface area contributed by atoms with E-state index in [4.69, 9.17) is 18.6 Å². The maximum Gasteiger partial charge on any atom is 0.290 e. The lowest BCUT2D eigenvalue weighted by Gasteiger charge is -2.35. The first-order chi connectivity index (χ1) is 15.1. The molecule has 7 heteroatoms. The van der Waals surface area contributed by atoms with Crippen molar-refractivity contribution in [1.82, 2.24) is 4.90 Å². The number of amides is 1. The van der Waals surface area contributed by atoms with Gasteiger partial charge < -0.3 is 23.5 Å². The van der Waals surface area contributed by atoms with Gasteiger partial charge in [0, 0.05) is 0 Å². The fourth-order valence-electron chi connectivity index (χ4n) is 5.00. The molecule has 7 nitrogen and oxygen atoms in total. The third kappa shape index (κ3) is 3.19.